The highest BCUT2D eigenvalue weighted by Crippen LogP contribution is 2.25. The standard InChI is InChI=1S/C24H30N6O4S2/c1-14-4-5-16-15(10-14)11-19(25-16)22(31)27-20-12-30(36(3,33)34)9-7-17(20)26-23(32)24-28-18-6-8-29(2)13-21(18)35-24/h4-5,10-11,17,20,25H,6-9,12-13H2,1-3H3,(H,26,32)(H,27,31)/t17-,20+/m1/s1. The van der Waals surface area contributed by atoms with Gasteiger partial charge in [0.15, 0.2) is 5.01 Å². The van der Waals surface area contributed by atoms with Gasteiger partial charge in [-0.1, -0.05) is 11.6 Å². The molecule has 4 heterocycles. The number of piperidine rings is 1. The predicted molar refractivity (Wildman–Crippen MR) is 139 cm³/mol. The zero-order valence-electron chi connectivity index (χ0n) is 20.5. The van der Waals surface area contributed by atoms with Gasteiger partial charge in [0.1, 0.15) is 5.69 Å². The van der Waals surface area contributed by atoms with E-state index in [1.807, 2.05) is 32.2 Å². The van der Waals surface area contributed by atoms with Crippen LogP contribution in [0.2, 0.25) is 0 Å². The number of likely N-dealkylation sites (N-methyl/N-ethyl adjacent to an activating group) is 1. The number of carbonyl (C=O) groups excluding carboxylic acids is 2. The van der Waals surface area contributed by atoms with E-state index in [0.717, 1.165) is 52.8 Å². The third-order valence-corrected chi connectivity index (χ3v) is 9.17. The van der Waals surface area contributed by atoms with Gasteiger partial charge in [-0.05, 0) is 38.6 Å². The fourth-order valence-electron chi connectivity index (χ4n) is 4.81. The van der Waals surface area contributed by atoms with Crippen molar-refractivity contribution < 1.29 is 18.0 Å². The van der Waals surface area contributed by atoms with Crippen LogP contribution in [0.4, 0.5) is 0 Å². The van der Waals surface area contributed by atoms with E-state index < -0.39 is 22.1 Å². The van der Waals surface area contributed by atoms with Crippen LogP contribution in [0.15, 0.2) is 24.3 Å². The molecule has 0 radical (unpaired) electrons. The fraction of sp³-hybridized carbons (Fsp3) is 0.458. The first kappa shape index (κ1) is 24.9. The molecule has 1 fully saturated rings. The summed E-state index contributed by atoms with van der Waals surface area (Å²) in [5, 5.41) is 7.30. The van der Waals surface area contributed by atoms with Gasteiger partial charge in [0.2, 0.25) is 10.0 Å². The van der Waals surface area contributed by atoms with Crippen LogP contribution in [0, 0.1) is 6.92 Å². The monoisotopic (exact) mass is 530 g/mol. The summed E-state index contributed by atoms with van der Waals surface area (Å²) in [4.78, 5) is 37.2. The van der Waals surface area contributed by atoms with Crippen LogP contribution in [0.3, 0.4) is 0 Å². The lowest BCUT2D eigenvalue weighted by Crippen LogP contribution is -2.61. The average Bonchev–Trinajstić information content (AvgIpc) is 3.43. The number of H-pyrrole nitrogens is 1. The lowest BCUT2D eigenvalue weighted by atomic mass is 10.0. The molecule has 0 spiro atoms. The number of hydrogen-bond donors (Lipinski definition) is 3. The van der Waals surface area contributed by atoms with Crippen LogP contribution in [-0.4, -0.2) is 84.4 Å². The van der Waals surface area contributed by atoms with E-state index in [0.29, 0.717) is 17.1 Å². The van der Waals surface area contributed by atoms with Gasteiger partial charge in [-0.15, -0.1) is 11.3 Å². The molecule has 0 aliphatic carbocycles. The molecule has 0 saturated carbocycles. The summed E-state index contributed by atoms with van der Waals surface area (Å²) in [6.07, 6.45) is 2.34. The zero-order chi connectivity index (χ0) is 25.6. The van der Waals surface area contributed by atoms with Crippen LogP contribution < -0.4 is 10.6 Å². The second-order valence-corrected chi connectivity index (χ2v) is 12.8. The van der Waals surface area contributed by atoms with Gasteiger partial charge < -0.3 is 20.5 Å². The van der Waals surface area contributed by atoms with Crippen molar-refractivity contribution in [1.29, 1.82) is 0 Å². The van der Waals surface area contributed by atoms with Crippen LogP contribution >= 0.6 is 11.3 Å². The zero-order valence-corrected chi connectivity index (χ0v) is 22.1. The largest absolute Gasteiger partial charge is 0.351 e. The van der Waals surface area contributed by atoms with Crippen LogP contribution in [0.5, 0.6) is 0 Å². The number of fused-ring (bicyclic) bond motifs is 2. The molecule has 2 amide bonds. The van der Waals surface area contributed by atoms with Gasteiger partial charge in [0.05, 0.1) is 24.0 Å². The van der Waals surface area contributed by atoms with E-state index in [-0.39, 0.29) is 24.9 Å². The number of nitrogens with one attached hydrogen (secondary N) is 3. The Bertz CT molecular complexity index is 1430. The first-order valence-electron chi connectivity index (χ1n) is 11.9. The van der Waals surface area contributed by atoms with Crippen molar-refractivity contribution in [1.82, 2.24) is 29.8 Å². The SMILES string of the molecule is Cc1ccc2[nH]c(C(=O)N[C@H]3CN(S(C)(=O)=O)CC[C@H]3NC(=O)c3nc4c(s3)CN(C)CC4)cc2c1. The average molecular weight is 531 g/mol. The normalized spacial score (nSPS) is 21.3. The lowest BCUT2D eigenvalue weighted by Gasteiger charge is -2.37. The molecule has 192 valence electrons. The summed E-state index contributed by atoms with van der Waals surface area (Å²) < 4.78 is 25.8. The Morgan fingerprint density at radius 3 is 2.69 bits per heavy atom. The Labute approximate surface area is 214 Å². The van der Waals surface area contributed by atoms with E-state index in [1.165, 1.54) is 15.6 Å². The smallest absolute Gasteiger partial charge is 0.280 e. The molecular formula is C24H30N6O4S2. The van der Waals surface area contributed by atoms with Crippen molar-refractivity contribution in [3.63, 3.8) is 0 Å². The van der Waals surface area contributed by atoms with Gasteiger partial charge in [0, 0.05) is 48.4 Å². The van der Waals surface area contributed by atoms with E-state index in [9.17, 15) is 18.0 Å². The number of sulfonamides is 1. The first-order valence-corrected chi connectivity index (χ1v) is 14.6. The molecular weight excluding hydrogens is 500 g/mol. The molecule has 10 nitrogen and oxygen atoms in total. The molecule has 2 aliphatic heterocycles. The second-order valence-electron chi connectivity index (χ2n) is 9.72. The van der Waals surface area contributed by atoms with Crippen LogP contribution in [0.25, 0.3) is 10.9 Å². The lowest BCUT2D eigenvalue weighted by molar-refractivity contribution is 0.0847. The van der Waals surface area contributed by atoms with Gasteiger partial charge >= 0.3 is 0 Å². The van der Waals surface area contributed by atoms with E-state index >= 15 is 0 Å². The van der Waals surface area contributed by atoms with Gasteiger partial charge in [0.25, 0.3) is 11.8 Å². The maximum atomic E-state index is 13.2. The molecule has 1 saturated heterocycles. The molecule has 2 atom stereocenters. The van der Waals surface area contributed by atoms with Gasteiger partial charge in [-0.2, -0.15) is 4.31 Å². The van der Waals surface area contributed by atoms with E-state index in [1.54, 1.807) is 6.07 Å². The fourth-order valence-corrected chi connectivity index (χ4v) is 6.77. The number of nitrogens with zero attached hydrogens (tertiary/aromatic N) is 3. The Kier molecular flexibility index (Phi) is 6.62. The Hall–Kier alpha value is -2.80. The minimum atomic E-state index is -3.45. The molecule has 2 aliphatic rings. The summed E-state index contributed by atoms with van der Waals surface area (Å²) in [5.41, 5.74) is 3.28. The van der Waals surface area contributed by atoms with Gasteiger partial charge in [-0.25, -0.2) is 13.4 Å². The predicted octanol–water partition coefficient (Wildman–Crippen LogP) is 1.48. The molecule has 12 heteroatoms. The highest BCUT2D eigenvalue weighted by molar-refractivity contribution is 7.88. The highest BCUT2D eigenvalue weighted by Gasteiger charge is 2.36. The van der Waals surface area contributed by atoms with E-state index in [4.69, 9.17) is 0 Å². The topological polar surface area (TPSA) is 128 Å². The molecule has 1 aromatic carbocycles. The number of aryl methyl sites for hydroxylation is 1. The number of amides is 2. The molecule has 5 rings (SSSR count). The summed E-state index contributed by atoms with van der Waals surface area (Å²) in [5.74, 6) is -0.647. The third-order valence-electron chi connectivity index (χ3n) is 6.81. The summed E-state index contributed by atoms with van der Waals surface area (Å²) >= 11 is 1.39. The number of benzene rings is 1. The number of thiazole rings is 1. The molecule has 3 N–H and O–H groups in total. The summed E-state index contributed by atoms with van der Waals surface area (Å²) in [6, 6.07) is 6.62. The van der Waals surface area contributed by atoms with Crippen molar-refractivity contribution in [3.05, 3.63) is 51.1 Å². The highest BCUT2D eigenvalue weighted by atomic mass is 32.2. The number of carbonyl (C=O) groups is 2. The molecule has 36 heavy (non-hydrogen) atoms. The molecule has 0 unspecified atom stereocenters. The maximum absolute atomic E-state index is 13.2. The van der Waals surface area contributed by atoms with Gasteiger partial charge in [-0.3, -0.25) is 9.59 Å². The minimum absolute atomic E-state index is 0.0774. The molecule has 3 aromatic rings. The minimum Gasteiger partial charge on any atom is -0.351 e. The van der Waals surface area contributed by atoms with Crippen molar-refractivity contribution in [2.45, 2.75) is 38.4 Å². The molecule has 0 bridgehead atoms. The second kappa shape index (κ2) is 9.58. The number of aromatic nitrogens is 2. The maximum Gasteiger partial charge on any atom is 0.280 e. The quantitative estimate of drug-likeness (QED) is 0.459. The third kappa shape index (κ3) is 5.17. The molecule has 2 aromatic heterocycles. The number of aromatic amines is 1. The Balaban J connectivity index is 1.34. The van der Waals surface area contributed by atoms with Crippen LogP contribution in [-0.2, 0) is 23.0 Å². The Morgan fingerprint density at radius 2 is 1.92 bits per heavy atom. The summed E-state index contributed by atoms with van der Waals surface area (Å²) in [6.45, 7) is 4.01. The van der Waals surface area contributed by atoms with Crippen molar-refractivity contribution >= 4 is 44.1 Å². The summed E-state index contributed by atoms with van der Waals surface area (Å²) in [7, 11) is -1.41. The van der Waals surface area contributed by atoms with Crippen LogP contribution in [0.1, 0.15) is 42.8 Å². The Morgan fingerprint density at radius 1 is 1.14 bits per heavy atom. The van der Waals surface area contributed by atoms with Crippen molar-refractivity contribution in [3.8, 4) is 0 Å². The number of hydrogen-bond acceptors (Lipinski definition) is 7. The number of rotatable bonds is 5. The van der Waals surface area contributed by atoms with E-state index in [2.05, 4.69) is 25.5 Å². The first-order chi connectivity index (χ1) is 17.1. The van der Waals surface area contributed by atoms with Crippen molar-refractivity contribution in [2.75, 3.05) is 32.9 Å². The van der Waals surface area contributed by atoms with Crippen molar-refractivity contribution in [2.24, 2.45) is 0 Å².